The van der Waals surface area contributed by atoms with Gasteiger partial charge in [0.05, 0.1) is 20.1 Å². The van der Waals surface area contributed by atoms with E-state index in [-0.39, 0.29) is 24.5 Å². The van der Waals surface area contributed by atoms with E-state index in [4.69, 9.17) is 0 Å². The number of hydrogen-bond acceptors (Lipinski definition) is 5. The van der Waals surface area contributed by atoms with E-state index in [1.807, 2.05) is 6.08 Å². The third kappa shape index (κ3) is 2.01. The lowest BCUT2D eigenvalue weighted by Crippen LogP contribution is -2.78. The molecule has 3 fully saturated rings. The average Bonchev–Trinajstić information content (AvgIpc) is 3.43. The summed E-state index contributed by atoms with van der Waals surface area (Å²) in [5.41, 5.74) is -1.94. The Bertz CT molecular complexity index is 853. The highest BCUT2D eigenvalue weighted by molar-refractivity contribution is 6.08. The smallest absolute Gasteiger partial charge is 0.220 e. The quantitative estimate of drug-likeness (QED) is 0.628. The van der Waals surface area contributed by atoms with Crippen LogP contribution in [0.2, 0.25) is 0 Å². The summed E-state index contributed by atoms with van der Waals surface area (Å²) in [6.07, 6.45) is 6.97. The van der Waals surface area contributed by atoms with Crippen LogP contribution in [0.25, 0.3) is 0 Å². The van der Waals surface area contributed by atoms with E-state index < -0.39 is 34.4 Å². The van der Waals surface area contributed by atoms with E-state index >= 15 is 0 Å². The van der Waals surface area contributed by atoms with E-state index in [2.05, 4.69) is 7.05 Å². The van der Waals surface area contributed by atoms with Crippen molar-refractivity contribution in [1.82, 2.24) is 0 Å². The molecular formula is C21H26NO5+. The zero-order valence-corrected chi connectivity index (χ0v) is 15.5. The monoisotopic (exact) mass is 372 g/mol. The van der Waals surface area contributed by atoms with Gasteiger partial charge in [-0.05, 0) is 43.4 Å². The average molecular weight is 372 g/mol. The van der Waals surface area contributed by atoms with Crippen molar-refractivity contribution in [2.45, 2.75) is 49.9 Å². The number of ketones is 2. The summed E-state index contributed by atoms with van der Waals surface area (Å²) >= 11 is 0. The molecule has 1 saturated heterocycles. The number of aliphatic hydroxyl groups is 3. The van der Waals surface area contributed by atoms with Crippen molar-refractivity contribution >= 4 is 11.6 Å². The van der Waals surface area contributed by atoms with E-state index in [1.165, 1.54) is 18.9 Å². The largest absolute Gasteiger partial charge is 0.504 e. The molecule has 0 amide bonds. The Labute approximate surface area is 158 Å². The first kappa shape index (κ1) is 17.3. The van der Waals surface area contributed by atoms with Crippen LogP contribution in [0.4, 0.5) is 0 Å². The van der Waals surface area contributed by atoms with Crippen LogP contribution in [-0.2, 0) is 9.59 Å². The molecule has 5 rings (SSSR count). The molecule has 3 N–H and O–H groups in total. The fraction of sp³-hybridized carbons (Fsp3) is 0.619. The first-order valence-electron chi connectivity index (χ1n) is 9.90. The van der Waals surface area contributed by atoms with Crippen LogP contribution >= 0.6 is 0 Å². The lowest BCUT2D eigenvalue weighted by atomic mass is 9.47. The van der Waals surface area contributed by atoms with Crippen LogP contribution in [-0.4, -0.2) is 69.3 Å². The summed E-state index contributed by atoms with van der Waals surface area (Å²) in [6, 6.07) is -0.298. The van der Waals surface area contributed by atoms with Gasteiger partial charge in [0.15, 0.2) is 11.5 Å². The molecule has 0 spiro atoms. The third-order valence-corrected chi connectivity index (χ3v) is 7.73. The predicted molar refractivity (Wildman–Crippen MR) is 96.6 cm³/mol. The number of allylic oxidation sites excluding steroid dienone is 3. The number of likely N-dealkylation sites (N-methyl/N-ethyl adjacent to an activating group) is 1. The SMILES string of the molecule is C[N+]1(CC2CC2)CC[C@]23C(=O)C(O)CC[C@@]2(O)[C@H]1C=C1C=CC(=O)C(O)=C13. The maximum absolute atomic E-state index is 13.3. The van der Waals surface area contributed by atoms with Crippen molar-refractivity contribution in [3.8, 4) is 0 Å². The molecule has 144 valence electrons. The van der Waals surface area contributed by atoms with Crippen molar-refractivity contribution < 1.29 is 29.4 Å². The number of quaternary nitrogens is 1. The maximum Gasteiger partial charge on any atom is 0.220 e. The summed E-state index contributed by atoms with van der Waals surface area (Å²) in [4.78, 5) is 25.5. The van der Waals surface area contributed by atoms with E-state index in [0.717, 1.165) is 6.54 Å². The predicted octanol–water partition coefficient (Wildman–Crippen LogP) is 0.948. The third-order valence-electron chi connectivity index (χ3n) is 7.73. The second-order valence-electron chi connectivity index (χ2n) is 9.32. The summed E-state index contributed by atoms with van der Waals surface area (Å²) in [5.74, 6) is -0.801. The van der Waals surface area contributed by atoms with Gasteiger partial charge in [0.25, 0.3) is 0 Å². The molecule has 0 aromatic heterocycles. The van der Waals surface area contributed by atoms with Gasteiger partial charge in [-0.15, -0.1) is 0 Å². The number of carbonyl (C=O) groups is 2. The molecule has 5 atom stereocenters. The van der Waals surface area contributed by atoms with Gasteiger partial charge in [-0.3, -0.25) is 9.59 Å². The number of rotatable bonds is 2. The fourth-order valence-corrected chi connectivity index (χ4v) is 6.24. The zero-order chi connectivity index (χ0) is 19.2. The highest BCUT2D eigenvalue weighted by Crippen LogP contribution is 2.62. The van der Waals surface area contributed by atoms with E-state index in [0.29, 0.717) is 28.9 Å². The second kappa shape index (κ2) is 5.19. The number of Topliss-reactive ketones (excluding diaryl/α,β-unsaturated/α-hetero) is 1. The molecule has 2 saturated carbocycles. The van der Waals surface area contributed by atoms with Gasteiger partial charge >= 0.3 is 0 Å². The number of hydrogen-bond donors (Lipinski definition) is 3. The van der Waals surface area contributed by atoms with Crippen molar-refractivity contribution in [3.05, 3.63) is 35.1 Å². The van der Waals surface area contributed by atoms with Crippen molar-refractivity contribution in [2.24, 2.45) is 11.3 Å². The minimum atomic E-state index is -1.41. The van der Waals surface area contributed by atoms with Crippen molar-refractivity contribution in [2.75, 3.05) is 20.1 Å². The molecule has 2 bridgehead atoms. The summed E-state index contributed by atoms with van der Waals surface area (Å²) < 4.78 is 0.658. The van der Waals surface area contributed by atoms with Crippen LogP contribution in [0.3, 0.4) is 0 Å². The maximum atomic E-state index is 13.3. The molecular weight excluding hydrogens is 346 g/mol. The highest BCUT2D eigenvalue weighted by atomic mass is 16.3. The number of piperidine rings is 1. The van der Waals surface area contributed by atoms with Gasteiger partial charge in [0.2, 0.25) is 5.78 Å². The number of fused-ring (bicyclic) bond motifs is 1. The van der Waals surface area contributed by atoms with Gasteiger partial charge in [0.1, 0.15) is 23.2 Å². The van der Waals surface area contributed by atoms with E-state index in [1.54, 1.807) is 6.08 Å². The Balaban J connectivity index is 1.77. The van der Waals surface area contributed by atoms with Crippen LogP contribution in [0, 0.1) is 11.3 Å². The molecule has 6 heteroatoms. The van der Waals surface area contributed by atoms with Gasteiger partial charge < -0.3 is 19.8 Å². The molecule has 0 aromatic carbocycles. The van der Waals surface area contributed by atoms with E-state index in [9.17, 15) is 24.9 Å². The molecule has 4 aliphatic carbocycles. The Hall–Kier alpha value is -1.76. The Kier molecular flexibility index (Phi) is 3.33. The molecule has 6 nitrogen and oxygen atoms in total. The standard InChI is InChI=1S/C21H25NO5/c1-22(11-12-2-3-12)9-8-20-17-13(4-5-14(23)18(17)25)10-16(22)21(20,27)7-6-15(24)19(20)26/h4-5,10,12,15-16,24,27H,2-3,6-9,11H2,1H3/p+1/t15?,16-,20+,21-,22?/m1/s1. The zero-order valence-electron chi connectivity index (χ0n) is 15.5. The number of likely N-dealkylation sites (tertiary alicyclic amines) is 1. The number of nitrogens with zero attached hydrogens (tertiary/aromatic N) is 1. The molecule has 0 radical (unpaired) electrons. The highest BCUT2D eigenvalue weighted by Gasteiger charge is 2.73. The molecule has 1 heterocycles. The topological polar surface area (TPSA) is 94.8 Å². The molecule has 27 heavy (non-hydrogen) atoms. The van der Waals surface area contributed by atoms with Gasteiger partial charge in [-0.2, -0.15) is 0 Å². The molecule has 0 aromatic rings. The van der Waals surface area contributed by atoms with Gasteiger partial charge in [-0.1, -0.05) is 6.08 Å². The summed E-state index contributed by atoms with van der Waals surface area (Å²) in [5, 5.41) is 33.0. The first-order chi connectivity index (χ1) is 12.7. The number of carbonyl (C=O) groups excluding carboxylic acids is 2. The van der Waals surface area contributed by atoms with Crippen molar-refractivity contribution in [3.63, 3.8) is 0 Å². The van der Waals surface area contributed by atoms with Crippen LogP contribution in [0.15, 0.2) is 35.1 Å². The minimum Gasteiger partial charge on any atom is -0.504 e. The normalized spacial score (nSPS) is 46.1. The summed E-state index contributed by atoms with van der Waals surface area (Å²) in [7, 11) is 2.14. The Morgan fingerprint density at radius 3 is 2.63 bits per heavy atom. The molecule has 2 unspecified atom stereocenters. The minimum absolute atomic E-state index is 0.206. The van der Waals surface area contributed by atoms with Gasteiger partial charge in [0, 0.05) is 17.9 Å². The Morgan fingerprint density at radius 2 is 1.93 bits per heavy atom. The Morgan fingerprint density at radius 1 is 1.19 bits per heavy atom. The van der Waals surface area contributed by atoms with Crippen molar-refractivity contribution in [1.29, 1.82) is 0 Å². The molecule has 1 aliphatic heterocycles. The van der Waals surface area contributed by atoms with Crippen LogP contribution in [0.5, 0.6) is 0 Å². The lowest BCUT2D eigenvalue weighted by molar-refractivity contribution is -0.944. The van der Waals surface area contributed by atoms with Crippen LogP contribution in [0.1, 0.15) is 32.1 Å². The fourth-order valence-electron chi connectivity index (χ4n) is 6.24. The van der Waals surface area contributed by atoms with Gasteiger partial charge in [-0.25, -0.2) is 0 Å². The summed E-state index contributed by atoms with van der Waals surface area (Å²) in [6.45, 7) is 1.62. The first-order valence-corrected chi connectivity index (χ1v) is 9.90. The number of aliphatic hydroxyl groups excluding tert-OH is 2. The molecule has 5 aliphatic rings. The lowest BCUT2D eigenvalue weighted by Gasteiger charge is -2.64. The van der Waals surface area contributed by atoms with Crippen LogP contribution < -0.4 is 0 Å². The second-order valence-corrected chi connectivity index (χ2v) is 9.32.